The highest BCUT2D eigenvalue weighted by Crippen LogP contribution is 2.35. The van der Waals surface area contributed by atoms with E-state index in [-0.39, 0.29) is 0 Å². The van der Waals surface area contributed by atoms with E-state index < -0.39 is 0 Å². The van der Waals surface area contributed by atoms with Crippen molar-refractivity contribution in [3.8, 4) is 0 Å². The van der Waals surface area contributed by atoms with Crippen molar-refractivity contribution in [3.63, 3.8) is 0 Å². The van der Waals surface area contributed by atoms with Crippen molar-refractivity contribution in [2.24, 2.45) is 0 Å². The van der Waals surface area contributed by atoms with Gasteiger partial charge in [-0.15, -0.1) is 11.3 Å². The third kappa shape index (κ3) is 1.95. The topological polar surface area (TPSA) is 12.0 Å². The number of fused-ring (bicyclic) bond motifs is 3. The van der Waals surface area contributed by atoms with Gasteiger partial charge in [-0.2, -0.15) is 0 Å². The average Bonchev–Trinajstić information content (AvgIpc) is 2.86. The molecular weight excluding hydrogens is 262 g/mol. The van der Waals surface area contributed by atoms with Crippen LogP contribution >= 0.6 is 11.3 Å². The number of benzene rings is 3. The van der Waals surface area contributed by atoms with E-state index in [9.17, 15) is 0 Å². The minimum absolute atomic E-state index is 1.12. The van der Waals surface area contributed by atoms with E-state index in [2.05, 4.69) is 59.9 Å². The van der Waals surface area contributed by atoms with Crippen molar-refractivity contribution in [2.45, 2.75) is 0 Å². The van der Waals surface area contributed by atoms with Gasteiger partial charge in [0.1, 0.15) is 0 Å². The molecule has 1 N–H and O–H groups in total. The normalized spacial score (nSPS) is 11.0. The Balaban J connectivity index is 1.83. The second-order valence-corrected chi connectivity index (χ2v) is 5.88. The standard InChI is InChI=1S/C18H13NS/c1-2-6-13(7-3-1)19-14-10-11-18-16(12-14)15-8-4-5-9-17(15)20-18/h1-12,19H. The predicted octanol–water partition coefficient (Wildman–Crippen LogP) is 5.80. The summed E-state index contributed by atoms with van der Waals surface area (Å²) in [5, 5.41) is 6.12. The van der Waals surface area contributed by atoms with Crippen LogP contribution in [0.15, 0.2) is 72.8 Å². The second kappa shape index (κ2) is 4.66. The highest BCUT2D eigenvalue weighted by molar-refractivity contribution is 7.25. The highest BCUT2D eigenvalue weighted by Gasteiger charge is 2.05. The van der Waals surface area contributed by atoms with Crippen molar-refractivity contribution in [1.82, 2.24) is 0 Å². The van der Waals surface area contributed by atoms with Crippen LogP contribution in [0.25, 0.3) is 20.2 Å². The molecule has 4 aromatic rings. The molecule has 2 heteroatoms. The summed E-state index contributed by atoms with van der Waals surface area (Å²) in [4.78, 5) is 0. The number of hydrogen-bond acceptors (Lipinski definition) is 2. The molecule has 0 fully saturated rings. The molecule has 0 unspecified atom stereocenters. The maximum Gasteiger partial charge on any atom is 0.0391 e. The Morgan fingerprint density at radius 2 is 1.35 bits per heavy atom. The lowest BCUT2D eigenvalue weighted by Crippen LogP contribution is -1.88. The van der Waals surface area contributed by atoms with Gasteiger partial charge in [-0.25, -0.2) is 0 Å². The molecular formula is C18H13NS. The smallest absolute Gasteiger partial charge is 0.0391 e. The Hall–Kier alpha value is -2.32. The van der Waals surface area contributed by atoms with Crippen LogP contribution in [-0.2, 0) is 0 Å². The molecule has 0 bridgehead atoms. The van der Waals surface area contributed by atoms with Crippen LogP contribution in [0.4, 0.5) is 11.4 Å². The third-order valence-electron chi connectivity index (χ3n) is 3.44. The zero-order valence-corrected chi connectivity index (χ0v) is 11.7. The minimum Gasteiger partial charge on any atom is -0.356 e. The number of para-hydroxylation sites is 1. The fourth-order valence-electron chi connectivity index (χ4n) is 2.49. The van der Waals surface area contributed by atoms with Crippen LogP contribution in [0.3, 0.4) is 0 Å². The molecule has 0 aliphatic carbocycles. The Labute approximate surface area is 121 Å². The number of rotatable bonds is 2. The van der Waals surface area contributed by atoms with Gasteiger partial charge in [0.25, 0.3) is 0 Å². The first-order chi connectivity index (χ1) is 9.90. The van der Waals surface area contributed by atoms with Crippen molar-refractivity contribution >= 4 is 42.9 Å². The van der Waals surface area contributed by atoms with Gasteiger partial charge in [-0.05, 0) is 36.4 Å². The Bertz CT molecular complexity index is 878. The number of anilines is 2. The lowest BCUT2D eigenvalue weighted by molar-refractivity contribution is 1.57. The molecule has 0 saturated heterocycles. The van der Waals surface area contributed by atoms with Gasteiger partial charge in [0.05, 0.1) is 0 Å². The summed E-state index contributed by atoms with van der Waals surface area (Å²) in [5.74, 6) is 0. The Morgan fingerprint density at radius 3 is 2.25 bits per heavy atom. The van der Waals surface area contributed by atoms with Crippen LogP contribution in [0.1, 0.15) is 0 Å². The molecule has 0 amide bonds. The van der Waals surface area contributed by atoms with Crippen molar-refractivity contribution < 1.29 is 0 Å². The minimum atomic E-state index is 1.12. The summed E-state index contributed by atoms with van der Waals surface area (Å²) in [5.41, 5.74) is 2.25. The Kier molecular flexibility index (Phi) is 2.68. The molecule has 0 radical (unpaired) electrons. The van der Waals surface area contributed by atoms with Crippen LogP contribution < -0.4 is 5.32 Å². The van der Waals surface area contributed by atoms with E-state index in [0.717, 1.165) is 11.4 Å². The zero-order valence-electron chi connectivity index (χ0n) is 10.8. The van der Waals surface area contributed by atoms with Crippen molar-refractivity contribution in [1.29, 1.82) is 0 Å². The molecule has 0 saturated carbocycles. The largest absolute Gasteiger partial charge is 0.356 e. The SMILES string of the molecule is c1ccc(Nc2ccc3sc4ccccc4c3c2)cc1. The summed E-state index contributed by atoms with van der Waals surface area (Å²) in [6, 6.07) is 25.4. The number of hydrogen-bond donors (Lipinski definition) is 1. The van der Waals surface area contributed by atoms with Gasteiger partial charge < -0.3 is 5.32 Å². The summed E-state index contributed by atoms with van der Waals surface area (Å²) < 4.78 is 2.68. The third-order valence-corrected chi connectivity index (χ3v) is 4.59. The van der Waals surface area contributed by atoms with E-state index >= 15 is 0 Å². The highest BCUT2D eigenvalue weighted by atomic mass is 32.1. The van der Waals surface area contributed by atoms with E-state index in [4.69, 9.17) is 0 Å². The maximum absolute atomic E-state index is 3.46. The molecule has 1 nitrogen and oxygen atoms in total. The monoisotopic (exact) mass is 275 g/mol. The van der Waals surface area contributed by atoms with E-state index in [1.54, 1.807) is 0 Å². The maximum atomic E-state index is 3.46. The summed E-state index contributed by atoms with van der Waals surface area (Å²) >= 11 is 1.85. The predicted molar refractivity (Wildman–Crippen MR) is 89.1 cm³/mol. The van der Waals surface area contributed by atoms with Gasteiger partial charge in [0.2, 0.25) is 0 Å². The molecule has 4 rings (SSSR count). The van der Waals surface area contributed by atoms with E-state index in [1.165, 1.54) is 20.2 Å². The first-order valence-corrected chi connectivity index (χ1v) is 7.45. The first-order valence-electron chi connectivity index (χ1n) is 6.63. The van der Waals surface area contributed by atoms with Gasteiger partial charge in [-0.1, -0.05) is 36.4 Å². The first kappa shape index (κ1) is 11.5. The molecule has 20 heavy (non-hydrogen) atoms. The van der Waals surface area contributed by atoms with E-state index in [1.807, 2.05) is 29.5 Å². The molecule has 1 heterocycles. The zero-order chi connectivity index (χ0) is 13.4. The Morgan fingerprint density at radius 1 is 0.600 bits per heavy atom. The van der Waals surface area contributed by atoms with Gasteiger partial charge in [0, 0.05) is 31.5 Å². The van der Waals surface area contributed by atoms with E-state index in [0.29, 0.717) is 0 Å². The van der Waals surface area contributed by atoms with Crippen molar-refractivity contribution in [2.75, 3.05) is 5.32 Å². The van der Waals surface area contributed by atoms with Gasteiger partial charge in [0.15, 0.2) is 0 Å². The average molecular weight is 275 g/mol. The van der Waals surface area contributed by atoms with Gasteiger partial charge in [-0.3, -0.25) is 0 Å². The van der Waals surface area contributed by atoms with Gasteiger partial charge >= 0.3 is 0 Å². The lowest BCUT2D eigenvalue weighted by Gasteiger charge is -2.06. The number of thiophene rings is 1. The lowest BCUT2D eigenvalue weighted by atomic mass is 10.1. The molecule has 1 aromatic heterocycles. The second-order valence-electron chi connectivity index (χ2n) is 4.80. The summed E-state index contributed by atoms with van der Waals surface area (Å²) in [6.07, 6.45) is 0. The molecule has 0 aliphatic heterocycles. The fourth-order valence-corrected chi connectivity index (χ4v) is 3.58. The van der Waals surface area contributed by atoms with Crippen LogP contribution in [0, 0.1) is 0 Å². The molecule has 96 valence electrons. The number of nitrogens with one attached hydrogen (secondary N) is 1. The molecule has 3 aromatic carbocycles. The van der Waals surface area contributed by atoms with Crippen LogP contribution in [0.2, 0.25) is 0 Å². The molecule has 0 spiro atoms. The molecule has 0 atom stereocenters. The molecule has 0 aliphatic rings. The van der Waals surface area contributed by atoms with Crippen LogP contribution in [0.5, 0.6) is 0 Å². The summed E-state index contributed by atoms with van der Waals surface area (Å²) in [6.45, 7) is 0. The fraction of sp³-hybridized carbons (Fsp3) is 0. The quantitative estimate of drug-likeness (QED) is 0.487. The summed E-state index contributed by atoms with van der Waals surface area (Å²) in [7, 11) is 0. The van der Waals surface area contributed by atoms with Crippen molar-refractivity contribution in [3.05, 3.63) is 72.8 Å². The van der Waals surface area contributed by atoms with Crippen LogP contribution in [-0.4, -0.2) is 0 Å².